The van der Waals surface area contributed by atoms with Gasteiger partial charge in [0, 0.05) is 81.9 Å². The fraction of sp³-hybridized carbons (Fsp3) is 0. The standard InChI is InChI=1S/C2H4N4.3Cd.H2N.H2O4S.3H2O/c3-1-6-2(4)5;;;;;1-5(2,3)4;;;/h(H4,4,5,6);;;;1H2;(H2,1,2,3,4);3*1H2/q;;;;-1;;;;. The predicted molar refractivity (Wildman–Crippen MR) is 51.7 cm³/mol. The molecule has 0 saturated carbocycles. The van der Waals surface area contributed by atoms with Crippen molar-refractivity contribution in [1.82, 2.24) is 0 Å². The molecular weight excluding hydrogens is 575 g/mol. The topological polar surface area (TPSA) is 291 Å². The van der Waals surface area contributed by atoms with Crippen LogP contribution >= 0.6 is 0 Å². The summed E-state index contributed by atoms with van der Waals surface area (Å²) in [5.41, 5.74) is 9.42. The first-order chi connectivity index (χ1) is 4.77. The Hall–Kier alpha value is 1.24. The van der Waals surface area contributed by atoms with E-state index in [1.54, 1.807) is 0 Å². The van der Waals surface area contributed by atoms with Gasteiger partial charge in [0.1, 0.15) is 0 Å². The monoisotopic (exact) mass is 594 g/mol. The van der Waals surface area contributed by atoms with Gasteiger partial charge in [0.25, 0.3) is 0 Å². The molecule has 0 heterocycles. The third-order valence-electron chi connectivity index (χ3n) is 0.179. The summed E-state index contributed by atoms with van der Waals surface area (Å²) < 4.78 is 31.6. The second-order valence-electron chi connectivity index (χ2n) is 1.08. The Morgan fingerprint density at radius 3 is 1.22 bits per heavy atom. The van der Waals surface area contributed by atoms with Gasteiger partial charge in [0.05, 0.1) is 0 Å². The van der Waals surface area contributed by atoms with Crippen LogP contribution in [0.15, 0.2) is 4.99 Å². The average molecular weight is 589 g/mol. The van der Waals surface area contributed by atoms with Crippen molar-refractivity contribution in [3.8, 4) is 6.19 Å². The van der Waals surface area contributed by atoms with Crippen LogP contribution in [0.5, 0.6) is 0 Å². The number of aliphatic imine (C=N–C) groups is 1. The molecule has 0 aromatic rings. The molecule has 12 nitrogen and oxygen atoms in total. The van der Waals surface area contributed by atoms with Gasteiger partial charge in [-0.1, -0.05) is 0 Å². The van der Waals surface area contributed by atoms with E-state index in [0.29, 0.717) is 0 Å². The summed E-state index contributed by atoms with van der Waals surface area (Å²) in [6.45, 7) is 0. The smallest absolute Gasteiger partial charge is 0.394 e. The Kier molecular flexibility index (Phi) is 123. The molecule has 16 heteroatoms. The molecule has 0 unspecified atom stereocenters. The third kappa shape index (κ3) is 253. The molecule has 0 aliphatic carbocycles. The fourth-order valence-electron chi connectivity index (χ4n) is 0.0577. The van der Waals surface area contributed by atoms with Crippen molar-refractivity contribution >= 4 is 16.4 Å². The number of nitrogens with zero attached hydrogens (tertiary/aromatic N) is 2. The summed E-state index contributed by atoms with van der Waals surface area (Å²) >= 11 is 0. The molecule has 18 heavy (non-hydrogen) atoms. The SMILES string of the molecule is N#CN=C(N)N.O.O.O.O=S(=O)(O)O.[Cd].[Cd].[Cd].[NH2-]. The van der Waals surface area contributed by atoms with E-state index in [1.165, 1.54) is 6.19 Å². The maximum Gasteiger partial charge on any atom is 0.394 e. The average Bonchev–Trinajstić information content (AvgIpc) is 1.58. The Labute approximate surface area is 164 Å². The molecule has 0 aromatic carbocycles. The molecule has 0 spiro atoms. The first-order valence-electron chi connectivity index (χ1n) is 1.95. The van der Waals surface area contributed by atoms with Gasteiger partial charge < -0.3 is 34.0 Å². The first kappa shape index (κ1) is 61.1. The van der Waals surface area contributed by atoms with Crippen LogP contribution in [-0.2, 0) is 92.3 Å². The number of rotatable bonds is 0. The molecule has 0 aliphatic rings. The van der Waals surface area contributed by atoms with Gasteiger partial charge in [-0.05, 0) is 0 Å². The van der Waals surface area contributed by atoms with Crippen LogP contribution < -0.4 is 11.5 Å². The van der Waals surface area contributed by atoms with Crippen molar-refractivity contribution in [2.45, 2.75) is 0 Å². The second-order valence-corrected chi connectivity index (χ2v) is 1.98. The number of nitrogens with two attached hydrogens (primary N) is 3. The van der Waals surface area contributed by atoms with Crippen molar-refractivity contribution in [2.75, 3.05) is 0 Å². The number of hydrogen-bond donors (Lipinski definition) is 4. The zero-order chi connectivity index (χ0) is 9.49. The summed E-state index contributed by atoms with van der Waals surface area (Å²) in [6.07, 6.45) is 1.41. The Balaban J connectivity index is -0.00000000931. The molecule has 0 bridgehead atoms. The van der Waals surface area contributed by atoms with E-state index >= 15 is 0 Å². The van der Waals surface area contributed by atoms with Gasteiger partial charge in [-0.15, -0.1) is 4.99 Å². The van der Waals surface area contributed by atoms with Crippen LogP contribution in [0, 0.1) is 11.5 Å². The molecule has 102 valence electrons. The van der Waals surface area contributed by atoms with E-state index < -0.39 is 10.4 Å². The van der Waals surface area contributed by atoms with Gasteiger partial charge in [0.15, 0.2) is 0 Å². The van der Waals surface area contributed by atoms with E-state index in [0.717, 1.165) is 0 Å². The van der Waals surface area contributed by atoms with Crippen LogP contribution in [-0.4, -0.2) is 39.9 Å². The maximum absolute atomic E-state index is 8.74. The second kappa shape index (κ2) is 36.2. The van der Waals surface area contributed by atoms with E-state index in [1.807, 2.05) is 0 Å². The minimum Gasteiger partial charge on any atom is -0.693 e. The van der Waals surface area contributed by atoms with E-state index in [4.69, 9.17) is 34.3 Å². The van der Waals surface area contributed by atoms with Gasteiger partial charge in [-0.2, -0.15) is 13.7 Å². The Morgan fingerprint density at radius 2 is 1.22 bits per heavy atom. The molecule has 0 fully saturated rings. The largest absolute Gasteiger partial charge is 0.693 e. The van der Waals surface area contributed by atoms with Crippen LogP contribution in [0.2, 0.25) is 0 Å². The van der Waals surface area contributed by atoms with E-state index in [9.17, 15) is 0 Å². The minimum atomic E-state index is -4.67. The summed E-state index contributed by atoms with van der Waals surface area (Å²) in [6, 6.07) is 0. The maximum atomic E-state index is 8.74. The molecule has 14 N–H and O–H groups in total. The predicted octanol–water partition coefficient (Wildman–Crippen LogP) is -3.68. The van der Waals surface area contributed by atoms with E-state index in [-0.39, 0.29) is 110 Å². The minimum absolute atomic E-state index is 0. The van der Waals surface area contributed by atoms with Crippen molar-refractivity contribution < 1.29 is 116 Å². The zero-order valence-electron chi connectivity index (χ0n) is 9.37. The summed E-state index contributed by atoms with van der Waals surface area (Å²) in [5.74, 6) is -0.197. The third-order valence-corrected chi connectivity index (χ3v) is 0.179. The summed E-state index contributed by atoms with van der Waals surface area (Å²) in [5, 5.41) is 7.64. The van der Waals surface area contributed by atoms with Crippen molar-refractivity contribution in [3.63, 3.8) is 0 Å². The van der Waals surface area contributed by atoms with Crippen LogP contribution in [0.3, 0.4) is 0 Å². The van der Waals surface area contributed by atoms with Crippen molar-refractivity contribution in [1.29, 1.82) is 5.26 Å². The van der Waals surface area contributed by atoms with Crippen LogP contribution in [0.4, 0.5) is 0 Å². The molecule has 0 saturated heterocycles. The summed E-state index contributed by atoms with van der Waals surface area (Å²) in [7, 11) is -4.67. The van der Waals surface area contributed by atoms with Crippen molar-refractivity contribution in [3.05, 3.63) is 6.15 Å². The summed E-state index contributed by atoms with van der Waals surface area (Å²) in [4.78, 5) is 2.90. The molecule has 0 atom stereocenters. The zero-order valence-corrected chi connectivity index (χ0v) is 22.3. The van der Waals surface area contributed by atoms with Gasteiger partial charge in [-0.3, -0.25) is 9.11 Å². The van der Waals surface area contributed by atoms with Crippen LogP contribution in [0.1, 0.15) is 0 Å². The van der Waals surface area contributed by atoms with Gasteiger partial charge in [0.2, 0.25) is 12.2 Å². The Bertz CT molecular complexity index is 265. The molecule has 0 radical (unpaired) electrons. The fourth-order valence-corrected chi connectivity index (χ4v) is 0.0577. The van der Waals surface area contributed by atoms with Gasteiger partial charge >= 0.3 is 10.4 Å². The number of nitriles is 1. The molecule has 0 amide bonds. The Morgan fingerprint density at radius 1 is 1.06 bits per heavy atom. The first-order valence-corrected chi connectivity index (χ1v) is 3.34. The number of hydrogen-bond acceptors (Lipinski definition) is 4. The van der Waals surface area contributed by atoms with Crippen LogP contribution in [0.25, 0.3) is 6.15 Å². The van der Waals surface area contributed by atoms with Crippen molar-refractivity contribution in [2.24, 2.45) is 16.5 Å². The normalized spacial score (nSPS) is 5.17. The number of guanidine groups is 1. The van der Waals surface area contributed by atoms with E-state index in [2.05, 4.69) is 4.99 Å². The molecule has 0 rings (SSSR count). The quantitative estimate of drug-likeness (QED) is 0.0720. The molecular formula is C2H14Cd3N5O7S-. The molecule has 0 aromatic heterocycles. The molecule has 0 aliphatic heterocycles. The van der Waals surface area contributed by atoms with Gasteiger partial charge in [-0.25, -0.2) is 0 Å².